The van der Waals surface area contributed by atoms with E-state index in [1.54, 1.807) is 0 Å². The zero-order valence-corrected chi connectivity index (χ0v) is 13.2. The van der Waals surface area contributed by atoms with Gasteiger partial charge in [0.05, 0.1) is 11.9 Å². The van der Waals surface area contributed by atoms with Crippen molar-refractivity contribution >= 4 is 11.5 Å². The first-order valence-corrected chi connectivity index (χ1v) is 7.68. The topological polar surface area (TPSA) is 69.4 Å². The SMILES string of the molecule is Cc1c[c]ccc1Nc1cc(-c2ccc(-c3cn[nH]c3)cc2)[nH]n1. The normalized spacial score (nSPS) is 10.7. The zero-order chi connectivity index (χ0) is 16.4. The molecule has 4 rings (SSSR count). The molecule has 0 aliphatic carbocycles. The average molecular weight is 314 g/mol. The molecule has 0 aliphatic rings. The summed E-state index contributed by atoms with van der Waals surface area (Å²) >= 11 is 0. The van der Waals surface area contributed by atoms with Crippen molar-refractivity contribution < 1.29 is 0 Å². The van der Waals surface area contributed by atoms with Crippen molar-refractivity contribution in [2.75, 3.05) is 5.32 Å². The molecule has 5 nitrogen and oxygen atoms in total. The average Bonchev–Trinajstić information content (AvgIpc) is 3.29. The molecule has 5 heteroatoms. The fraction of sp³-hybridized carbons (Fsp3) is 0.0526. The van der Waals surface area contributed by atoms with E-state index in [1.807, 2.05) is 43.6 Å². The Morgan fingerprint density at radius 2 is 1.88 bits per heavy atom. The first kappa shape index (κ1) is 14.3. The molecule has 4 aromatic rings. The van der Waals surface area contributed by atoms with Crippen LogP contribution in [-0.4, -0.2) is 20.4 Å². The molecule has 0 saturated carbocycles. The fourth-order valence-corrected chi connectivity index (χ4v) is 2.58. The monoisotopic (exact) mass is 314 g/mol. The summed E-state index contributed by atoms with van der Waals surface area (Å²) in [6.45, 7) is 2.04. The number of aromatic nitrogens is 4. The van der Waals surface area contributed by atoms with Gasteiger partial charge in [-0.15, -0.1) is 0 Å². The first-order valence-electron chi connectivity index (χ1n) is 7.68. The van der Waals surface area contributed by atoms with Gasteiger partial charge in [0.1, 0.15) is 0 Å². The summed E-state index contributed by atoms with van der Waals surface area (Å²) in [5.41, 5.74) is 6.41. The smallest absolute Gasteiger partial charge is 0.152 e. The molecule has 0 amide bonds. The number of nitrogens with zero attached hydrogens (tertiary/aromatic N) is 2. The maximum absolute atomic E-state index is 4.34. The first-order chi connectivity index (χ1) is 11.8. The summed E-state index contributed by atoms with van der Waals surface area (Å²) in [6.07, 6.45) is 3.69. The lowest BCUT2D eigenvalue weighted by molar-refractivity contribution is 1.09. The summed E-state index contributed by atoms with van der Waals surface area (Å²) in [4.78, 5) is 0. The fourth-order valence-electron chi connectivity index (χ4n) is 2.58. The molecular formula is C19H16N5. The van der Waals surface area contributed by atoms with Crippen LogP contribution in [0.1, 0.15) is 5.56 Å². The van der Waals surface area contributed by atoms with E-state index >= 15 is 0 Å². The minimum absolute atomic E-state index is 0.790. The van der Waals surface area contributed by atoms with E-state index in [4.69, 9.17) is 0 Å². The molecule has 0 spiro atoms. The number of rotatable bonds is 4. The van der Waals surface area contributed by atoms with E-state index in [2.05, 4.69) is 56.0 Å². The van der Waals surface area contributed by atoms with Gasteiger partial charge in [0.2, 0.25) is 0 Å². The summed E-state index contributed by atoms with van der Waals surface area (Å²) in [5, 5.41) is 17.5. The van der Waals surface area contributed by atoms with Crippen LogP contribution >= 0.6 is 0 Å². The van der Waals surface area contributed by atoms with Crippen molar-refractivity contribution in [2.24, 2.45) is 0 Å². The lowest BCUT2D eigenvalue weighted by atomic mass is 10.1. The molecule has 117 valence electrons. The van der Waals surface area contributed by atoms with Gasteiger partial charge in [0.15, 0.2) is 5.82 Å². The Hall–Kier alpha value is -3.34. The van der Waals surface area contributed by atoms with E-state index in [1.165, 1.54) is 0 Å². The third kappa shape index (κ3) is 2.79. The van der Waals surface area contributed by atoms with Gasteiger partial charge in [-0.3, -0.25) is 10.2 Å². The largest absolute Gasteiger partial charge is 0.339 e. The van der Waals surface area contributed by atoms with Gasteiger partial charge in [-0.1, -0.05) is 30.3 Å². The van der Waals surface area contributed by atoms with Gasteiger partial charge < -0.3 is 5.32 Å². The molecule has 0 fully saturated rings. The Morgan fingerprint density at radius 1 is 1.04 bits per heavy atom. The van der Waals surface area contributed by atoms with Crippen molar-refractivity contribution in [1.29, 1.82) is 0 Å². The second kappa shape index (κ2) is 6.04. The predicted molar refractivity (Wildman–Crippen MR) is 94.9 cm³/mol. The highest BCUT2D eigenvalue weighted by Crippen LogP contribution is 2.26. The van der Waals surface area contributed by atoms with Gasteiger partial charge in [-0.25, -0.2) is 0 Å². The highest BCUT2D eigenvalue weighted by molar-refractivity contribution is 5.70. The second-order valence-electron chi connectivity index (χ2n) is 5.60. The highest BCUT2D eigenvalue weighted by Gasteiger charge is 2.06. The maximum atomic E-state index is 4.34. The number of hydrogen-bond acceptors (Lipinski definition) is 3. The number of anilines is 2. The van der Waals surface area contributed by atoms with Gasteiger partial charge >= 0.3 is 0 Å². The minimum Gasteiger partial charge on any atom is -0.339 e. The quantitative estimate of drug-likeness (QED) is 0.525. The van der Waals surface area contributed by atoms with Crippen LogP contribution in [0.25, 0.3) is 22.4 Å². The maximum Gasteiger partial charge on any atom is 0.152 e. The third-order valence-electron chi connectivity index (χ3n) is 3.94. The predicted octanol–water partition coefficient (Wildman–Crippen LogP) is 4.32. The zero-order valence-electron chi connectivity index (χ0n) is 13.2. The van der Waals surface area contributed by atoms with Crippen LogP contribution in [0.2, 0.25) is 0 Å². The van der Waals surface area contributed by atoms with Crippen molar-refractivity contribution in [3.05, 3.63) is 72.6 Å². The van der Waals surface area contributed by atoms with Crippen molar-refractivity contribution in [3.63, 3.8) is 0 Å². The number of benzene rings is 2. The number of H-pyrrole nitrogens is 2. The van der Waals surface area contributed by atoms with Crippen LogP contribution in [0.5, 0.6) is 0 Å². The van der Waals surface area contributed by atoms with E-state index in [0.29, 0.717) is 0 Å². The van der Waals surface area contributed by atoms with E-state index in [0.717, 1.165) is 39.5 Å². The molecule has 0 unspecified atom stereocenters. The minimum atomic E-state index is 0.790. The number of aromatic amines is 2. The molecule has 24 heavy (non-hydrogen) atoms. The van der Waals surface area contributed by atoms with Gasteiger partial charge in [-0.2, -0.15) is 10.2 Å². The Kier molecular flexibility index (Phi) is 3.59. The van der Waals surface area contributed by atoms with Crippen molar-refractivity contribution in [3.8, 4) is 22.4 Å². The van der Waals surface area contributed by atoms with Crippen LogP contribution in [0.3, 0.4) is 0 Å². The molecule has 2 aromatic carbocycles. The van der Waals surface area contributed by atoms with Gasteiger partial charge in [0, 0.05) is 23.5 Å². The Balaban J connectivity index is 1.55. The van der Waals surface area contributed by atoms with E-state index < -0.39 is 0 Å². The number of nitrogens with one attached hydrogen (secondary N) is 3. The summed E-state index contributed by atoms with van der Waals surface area (Å²) in [7, 11) is 0. The Labute approximate surface area is 139 Å². The van der Waals surface area contributed by atoms with E-state index in [-0.39, 0.29) is 0 Å². The molecule has 2 heterocycles. The molecule has 0 saturated heterocycles. The molecule has 1 radical (unpaired) electrons. The van der Waals surface area contributed by atoms with Gasteiger partial charge in [0.25, 0.3) is 0 Å². The molecular weight excluding hydrogens is 298 g/mol. The summed E-state index contributed by atoms with van der Waals surface area (Å²) < 4.78 is 0. The second-order valence-corrected chi connectivity index (χ2v) is 5.60. The standard InChI is InChI=1S/C19H16N5/c1-13-4-2-3-5-17(13)22-19-10-18(23-24-19)15-8-6-14(7-9-15)16-11-20-21-12-16/h3-12H,1H3,(H,20,21)(H2,22,23,24). The summed E-state index contributed by atoms with van der Waals surface area (Å²) in [5.74, 6) is 0.790. The van der Waals surface area contributed by atoms with Crippen molar-refractivity contribution in [1.82, 2.24) is 20.4 Å². The van der Waals surface area contributed by atoms with Gasteiger partial charge in [-0.05, 0) is 41.8 Å². The highest BCUT2D eigenvalue weighted by atomic mass is 15.2. The molecule has 0 bridgehead atoms. The Morgan fingerprint density at radius 3 is 2.62 bits per heavy atom. The van der Waals surface area contributed by atoms with Crippen LogP contribution in [-0.2, 0) is 0 Å². The van der Waals surface area contributed by atoms with Crippen LogP contribution < -0.4 is 5.32 Å². The number of hydrogen-bond donors (Lipinski definition) is 3. The van der Waals surface area contributed by atoms with Crippen LogP contribution in [0.15, 0.2) is 60.9 Å². The Bertz CT molecular complexity index is 936. The third-order valence-corrected chi connectivity index (χ3v) is 3.94. The van der Waals surface area contributed by atoms with Crippen molar-refractivity contribution in [2.45, 2.75) is 6.92 Å². The molecule has 0 aliphatic heterocycles. The lowest BCUT2D eigenvalue weighted by Crippen LogP contribution is -1.92. The molecule has 3 N–H and O–H groups in total. The van der Waals surface area contributed by atoms with E-state index in [9.17, 15) is 0 Å². The van der Waals surface area contributed by atoms with Crippen LogP contribution in [0, 0.1) is 13.0 Å². The van der Waals surface area contributed by atoms with Crippen LogP contribution in [0.4, 0.5) is 11.5 Å². The molecule has 0 atom stereocenters. The lowest BCUT2D eigenvalue weighted by Gasteiger charge is -2.05. The number of aryl methyl sites for hydroxylation is 1. The molecule has 2 aromatic heterocycles. The summed E-state index contributed by atoms with van der Waals surface area (Å²) in [6, 6.07) is 19.2.